The summed E-state index contributed by atoms with van der Waals surface area (Å²) in [5.74, 6) is 1.31. The van der Waals surface area contributed by atoms with Crippen LogP contribution in [-0.4, -0.2) is 12.6 Å². The minimum absolute atomic E-state index is 0.249. The van der Waals surface area contributed by atoms with Crippen molar-refractivity contribution >= 4 is 5.97 Å². The first-order valence-electron chi connectivity index (χ1n) is 8.41. The second-order valence-corrected chi connectivity index (χ2v) is 6.38. The van der Waals surface area contributed by atoms with Gasteiger partial charge in [-0.05, 0) is 44.6 Å². The fourth-order valence-corrected chi connectivity index (χ4v) is 2.53. The molecule has 2 nitrogen and oxygen atoms in total. The summed E-state index contributed by atoms with van der Waals surface area (Å²) in [5, 5.41) is 0. The van der Waals surface area contributed by atoms with Crippen LogP contribution in [0.2, 0.25) is 0 Å². The summed E-state index contributed by atoms with van der Waals surface area (Å²) in [6.45, 7) is 13.3. The van der Waals surface area contributed by atoms with Gasteiger partial charge in [0.25, 0.3) is 0 Å². The molecule has 0 heterocycles. The molecule has 2 heteroatoms. The lowest BCUT2D eigenvalue weighted by Crippen LogP contribution is -2.00. The minimum atomic E-state index is -0.249. The first-order chi connectivity index (χ1) is 9.88. The van der Waals surface area contributed by atoms with Crippen molar-refractivity contribution in [2.45, 2.75) is 73.6 Å². The molecule has 0 aromatic heterocycles. The van der Waals surface area contributed by atoms with Crippen LogP contribution in [0.3, 0.4) is 0 Å². The van der Waals surface area contributed by atoms with Crippen LogP contribution in [-0.2, 0) is 9.53 Å². The number of allylic oxidation sites excluding steroid dienone is 3. The Kier molecular flexibility index (Phi) is 11.0. The monoisotopic (exact) mass is 294 g/mol. The third-order valence-electron chi connectivity index (χ3n) is 3.87. The normalized spacial score (nSPS) is 15.7. The van der Waals surface area contributed by atoms with Crippen molar-refractivity contribution in [1.82, 2.24) is 0 Å². The van der Waals surface area contributed by atoms with Gasteiger partial charge < -0.3 is 4.74 Å². The Hall–Kier alpha value is -1.05. The highest BCUT2D eigenvalue weighted by molar-refractivity contribution is 5.83. The Balaban J connectivity index is 4.18. The van der Waals surface area contributed by atoms with E-state index in [9.17, 15) is 4.79 Å². The molecule has 0 spiro atoms. The van der Waals surface area contributed by atoms with Gasteiger partial charge in [-0.15, -0.1) is 0 Å². The molecule has 0 saturated heterocycles. The molecule has 0 amide bonds. The summed E-state index contributed by atoms with van der Waals surface area (Å²) in [6, 6.07) is 0. The van der Waals surface area contributed by atoms with Crippen molar-refractivity contribution < 1.29 is 9.53 Å². The van der Waals surface area contributed by atoms with Crippen LogP contribution in [0.5, 0.6) is 0 Å². The predicted molar refractivity (Wildman–Crippen MR) is 91.2 cm³/mol. The molecule has 0 aliphatic carbocycles. The molecule has 0 aliphatic heterocycles. The van der Waals surface area contributed by atoms with Crippen molar-refractivity contribution in [2.24, 2.45) is 11.8 Å². The van der Waals surface area contributed by atoms with E-state index >= 15 is 0 Å². The van der Waals surface area contributed by atoms with Gasteiger partial charge in [-0.25, -0.2) is 4.79 Å². The summed E-state index contributed by atoms with van der Waals surface area (Å²) in [5.41, 5.74) is 2.31. The second kappa shape index (κ2) is 11.6. The largest absolute Gasteiger partial charge is 0.463 e. The van der Waals surface area contributed by atoms with Crippen LogP contribution in [0.25, 0.3) is 0 Å². The highest BCUT2D eigenvalue weighted by atomic mass is 16.5. The average Bonchev–Trinajstić information content (AvgIpc) is 2.37. The quantitative estimate of drug-likeness (QED) is 0.294. The van der Waals surface area contributed by atoms with E-state index in [0.29, 0.717) is 12.5 Å². The molecule has 0 rings (SSSR count). The molecule has 21 heavy (non-hydrogen) atoms. The average molecular weight is 294 g/mol. The van der Waals surface area contributed by atoms with E-state index in [2.05, 4.69) is 33.8 Å². The van der Waals surface area contributed by atoms with Gasteiger partial charge in [-0.2, -0.15) is 0 Å². The molecule has 0 saturated carbocycles. The summed E-state index contributed by atoms with van der Waals surface area (Å²) in [6.07, 6.45) is 10.0. The Morgan fingerprint density at radius 1 is 1.05 bits per heavy atom. The lowest BCUT2D eigenvalue weighted by Gasteiger charge is -2.13. The number of esters is 1. The lowest BCUT2D eigenvalue weighted by atomic mass is 9.93. The van der Waals surface area contributed by atoms with Gasteiger partial charge in [0.05, 0.1) is 6.61 Å². The van der Waals surface area contributed by atoms with Crippen LogP contribution in [0, 0.1) is 11.8 Å². The van der Waals surface area contributed by atoms with Crippen LogP contribution in [0.4, 0.5) is 0 Å². The first-order valence-corrected chi connectivity index (χ1v) is 8.41. The smallest absolute Gasteiger partial charge is 0.330 e. The summed E-state index contributed by atoms with van der Waals surface area (Å²) >= 11 is 0. The number of carbonyl (C=O) groups is 1. The fourth-order valence-electron chi connectivity index (χ4n) is 2.53. The number of hydrogen-bond acceptors (Lipinski definition) is 2. The maximum atomic E-state index is 11.4. The number of ether oxygens (including phenoxy) is 1. The van der Waals surface area contributed by atoms with E-state index in [4.69, 9.17) is 4.74 Å². The van der Waals surface area contributed by atoms with Gasteiger partial charge in [-0.1, -0.05) is 58.1 Å². The molecule has 2 unspecified atom stereocenters. The summed E-state index contributed by atoms with van der Waals surface area (Å²) < 4.78 is 4.92. The van der Waals surface area contributed by atoms with Crippen molar-refractivity contribution in [1.29, 1.82) is 0 Å². The maximum Gasteiger partial charge on any atom is 0.330 e. The van der Waals surface area contributed by atoms with Gasteiger partial charge in [0.1, 0.15) is 0 Å². The molecular formula is C19H34O2. The number of rotatable bonds is 10. The molecule has 0 fully saturated rings. The lowest BCUT2D eigenvalue weighted by molar-refractivity contribution is -0.137. The van der Waals surface area contributed by atoms with Gasteiger partial charge in [0.15, 0.2) is 0 Å². The van der Waals surface area contributed by atoms with E-state index in [1.165, 1.54) is 31.3 Å². The fraction of sp³-hybridized carbons (Fsp3) is 0.737. The zero-order chi connectivity index (χ0) is 16.3. The molecule has 0 aliphatic rings. The minimum Gasteiger partial charge on any atom is -0.463 e. The molecule has 122 valence electrons. The van der Waals surface area contributed by atoms with Crippen LogP contribution in [0.15, 0.2) is 23.3 Å². The summed E-state index contributed by atoms with van der Waals surface area (Å²) in [7, 11) is 0. The van der Waals surface area contributed by atoms with Gasteiger partial charge in [0, 0.05) is 6.08 Å². The first kappa shape index (κ1) is 19.9. The second-order valence-electron chi connectivity index (χ2n) is 6.38. The zero-order valence-corrected chi connectivity index (χ0v) is 14.9. The molecule has 0 aromatic carbocycles. The van der Waals surface area contributed by atoms with Gasteiger partial charge >= 0.3 is 5.97 Å². The molecular weight excluding hydrogens is 260 g/mol. The van der Waals surface area contributed by atoms with E-state index in [0.717, 1.165) is 17.9 Å². The Morgan fingerprint density at radius 2 is 1.67 bits per heavy atom. The van der Waals surface area contributed by atoms with Crippen LogP contribution < -0.4 is 0 Å². The number of hydrogen-bond donors (Lipinski definition) is 0. The highest BCUT2D eigenvalue weighted by Gasteiger charge is 2.05. The van der Waals surface area contributed by atoms with E-state index < -0.39 is 0 Å². The molecule has 0 aromatic rings. The van der Waals surface area contributed by atoms with Gasteiger partial charge in [-0.3, -0.25) is 0 Å². The third kappa shape index (κ3) is 11.3. The van der Waals surface area contributed by atoms with E-state index in [-0.39, 0.29) is 5.97 Å². The van der Waals surface area contributed by atoms with E-state index in [1.807, 2.05) is 13.8 Å². The molecule has 0 N–H and O–H groups in total. The molecule has 0 radical (unpaired) electrons. The Bertz CT molecular complexity index is 353. The van der Waals surface area contributed by atoms with Crippen LogP contribution >= 0.6 is 0 Å². The number of carbonyl (C=O) groups excluding carboxylic acids is 1. The highest BCUT2D eigenvalue weighted by Crippen LogP contribution is 2.20. The Labute approximate surface area is 131 Å². The SMILES string of the molecule is CCOC(=O)C=C(C)C=C(C)CC(C)CCCC(C)CC. The van der Waals surface area contributed by atoms with Crippen LogP contribution in [0.1, 0.15) is 73.6 Å². The summed E-state index contributed by atoms with van der Waals surface area (Å²) in [4.78, 5) is 11.4. The van der Waals surface area contributed by atoms with Gasteiger partial charge in [0.2, 0.25) is 0 Å². The van der Waals surface area contributed by atoms with Crippen molar-refractivity contribution in [3.63, 3.8) is 0 Å². The van der Waals surface area contributed by atoms with E-state index in [1.54, 1.807) is 6.08 Å². The maximum absolute atomic E-state index is 11.4. The molecule has 0 bridgehead atoms. The van der Waals surface area contributed by atoms with Crippen molar-refractivity contribution in [3.05, 3.63) is 23.3 Å². The Morgan fingerprint density at radius 3 is 2.24 bits per heavy atom. The predicted octanol–water partition coefficient (Wildman–Crippen LogP) is 5.68. The zero-order valence-electron chi connectivity index (χ0n) is 14.9. The standard InChI is InChI=1S/C19H34O2/c1-7-15(3)10-9-11-16(4)12-17(5)13-18(6)14-19(20)21-8-2/h13-16H,7-12H2,1-6H3. The molecule has 2 atom stereocenters. The topological polar surface area (TPSA) is 26.3 Å². The third-order valence-corrected chi connectivity index (χ3v) is 3.87. The van der Waals surface area contributed by atoms with Crippen molar-refractivity contribution in [3.8, 4) is 0 Å². The van der Waals surface area contributed by atoms with Crippen molar-refractivity contribution in [2.75, 3.05) is 6.61 Å².